The standard InChI is InChI=1S/C25H34N4O8/c1-16(2)15-26-22(30)8-6-12-37-21-14-19(29(34)35)18(13-20(21)36-4)17(3)27-23(31)7-5-11-28-24(32)9-10-25(28)33/h9-10,13-14,16-17H,5-8,11-12,15H2,1-4H3,(H,26,30)(H,27,31). The number of ether oxygens (including phenoxy) is 2. The van der Waals surface area contributed by atoms with Crippen molar-refractivity contribution in [2.75, 3.05) is 26.8 Å². The van der Waals surface area contributed by atoms with E-state index in [1.807, 2.05) is 13.8 Å². The SMILES string of the molecule is COc1cc(C(C)NC(=O)CCCN2C(=O)C=CC2=O)c([N+](=O)[O-])cc1OCCCC(=O)NCC(C)C. The zero-order chi connectivity index (χ0) is 27.5. The molecule has 1 aliphatic rings. The Hall–Kier alpha value is -3.96. The number of amides is 4. The predicted octanol–water partition coefficient (Wildman–Crippen LogP) is 2.42. The fourth-order valence-electron chi connectivity index (χ4n) is 3.60. The molecule has 0 radical (unpaired) electrons. The fraction of sp³-hybridized carbons (Fsp3) is 0.520. The maximum Gasteiger partial charge on any atom is 0.278 e. The summed E-state index contributed by atoms with van der Waals surface area (Å²) in [4.78, 5) is 59.7. The molecule has 1 atom stereocenters. The van der Waals surface area contributed by atoms with Gasteiger partial charge in [0.2, 0.25) is 11.8 Å². The number of nitrogens with zero attached hydrogens (tertiary/aromatic N) is 2. The molecule has 12 heteroatoms. The van der Waals surface area contributed by atoms with E-state index < -0.39 is 22.8 Å². The number of rotatable bonds is 15. The van der Waals surface area contributed by atoms with Crippen LogP contribution in [0.1, 0.15) is 58.1 Å². The topological polar surface area (TPSA) is 157 Å². The number of nitrogens with one attached hydrogen (secondary N) is 2. The first-order valence-corrected chi connectivity index (χ1v) is 12.1. The van der Waals surface area contributed by atoms with Crippen LogP contribution < -0.4 is 20.1 Å². The largest absolute Gasteiger partial charge is 0.493 e. The average molecular weight is 519 g/mol. The van der Waals surface area contributed by atoms with Crippen LogP contribution in [0.25, 0.3) is 0 Å². The third-order valence-corrected chi connectivity index (χ3v) is 5.55. The van der Waals surface area contributed by atoms with E-state index in [-0.39, 0.29) is 67.0 Å². The van der Waals surface area contributed by atoms with Gasteiger partial charge >= 0.3 is 0 Å². The Balaban J connectivity index is 1.97. The van der Waals surface area contributed by atoms with Gasteiger partial charge < -0.3 is 20.1 Å². The fourth-order valence-corrected chi connectivity index (χ4v) is 3.60. The van der Waals surface area contributed by atoms with Crippen LogP contribution >= 0.6 is 0 Å². The maximum atomic E-state index is 12.4. The van der Waals surface area contributed by atoms with E-state index in [2.05, 4.69) is 10.6 Å². The highest BCUT2D eigenvalue weighted by Gasteiger charge is 2.26. The Morgan fingerprint density at radius 2 is 1.68 bits per heavy atom. The molecule has 12 nitrogen and oxygen atoms in total. The maximum absolute atomic E-state index is 12.4. The van der Waals surface area contributed by atoms with Crippen molar-refractivity contribution in [3.05, 3.63) is 40.0 Å². The lowest BCUT2D eigenvalue weighted by atomic mass is 10.0. The normalized spacial score (nSPS) is 13.6. The van der Waals surface area contributed by atoms with Crippen molar-refractivity contribution in [1.29, 1.82) is 0 Å². The lowest BCUT2D eigenvalue weighted by molar-refractivity contribution is -0.385. The van der Waals surface area contributed by atoms with Crippen molar-refractivity contribution < 1.29 is 33.6 Å². The van der Waals surface area contributed by atoms with Gasteiger partial charge in [-0.05, 0) is 31.7 Å². The van der Waals surface area contributed by atoms with E-state index in [0.717, 1.165) is 4.90 Å². The molecule has 202 valence electrons. The molecule has 0 saturated carbocycles. The number of nitro benzene ring substituents is 1. The lowest BCUT2D eigenvalue weighted by Crippen LogP contribution is -2.32. The van der Waals surface area contributed by atoms with Crippen molar-refractivity contribution in [2.24, 2.45) is 5.92 Å². The Morgan fingerprint density at radius 1 is 1.03 bits per heavy atom. The van der Waals surface area contributed by atoms with E-state index in [9.17, 15) is 29.3 Å². The minimum atomic E-state index is -0.725. The quantitative estimate of drug-likeness (QED) is 0.155. The highest BCUT2D eigenvalue weighted by Crippen LogP contribution is 2.37. The van der Waals surface area contributed by atoms with Crippen molar-refractivity contribution >= 4 is 29.3 Å². The van der Waals surface area contributed by atoms with Crippen LogP contribution in [0, 0.1) is 16.0 Å². The van der Waals surface area contributed by atoms with Crippen LogP contribution in [0.15, 0.2) is 24.3 Å². The van der Waals surface area contributed by atoms with Crippen LogP contribution in [-0.4, -0.2) is 60.3 Å². The third kappa shape index (κ3) is 8.89. The van der Waals surface area contributed by atoms with Crippen LogP contribution in [0.4, 0.5) is 5.69 Å². The molecule has 1 aromatic carbocycles. The summed E-state index contributed by atoms with van der Waals surface area (Å²) in [6.07, 6.45) is 3.31. The first kappa shape index (κ1) is 29.3. The molecule has 1 heterocycles. The van der Waals surface area contributed by atoms with Gasteiger partial charge in [0.15, 0.2) is 11.5 Å². The molecule has 2 N–H and O–H groups in total. The number of imide groups is 1. The molecule has 1 aromatic rings. The second kappa shape index (κ2) is 14.0. The van der Waals surface area contributed by atoms with Gasteiger partial charge in [-0.25, -0.2) is 0 Å². The van der Waals surface area contributed by atoms with Crippen molar-refractivity contribution in [3.63, 3.8) is 0 Å². The summed E-state index contributed by atoms with van der Waals surface area (Å²) in [5.41, 5.74) is -0.0256. The molecule has 2 rings (SSSR count). The molecule has 1 aliphatic heterocycles. The Morgan fingerprint density at radius 3 is 2.27 bits per heavy atom. The molecule has 0 spiro atoms. The van der Waals surface area contributed by atoms with Gasteiger partial charge in [0, 0.05) is 38.1 Å². The molecule has 0 bridgehead atoms. The van der Waals surface area contributed by atoms with Gasteiger partial charge in [0.05, 0.1) is 36.3 Å². The minimum Gasteiger partial charge on any atom is -0.493 e. The molecule has 0 aliphatic carbocycles. The monoisotopic (exact) mass is 518 g/mol. The van der Waals surface area contributed by atoms with Gasteiger partial charge in [-0.1, -0.05) is 13.8 Å². The number of carbonyl (C=O) groups is 4. The molecule has 1 unspecified atom stereocenters. The van der Waals surface area contributed by atoms with E-state index >= 15 is 0 Å². The zero-order valence-corrected chi connectivity index (χ0v) is 21.6. The number of nitro groups is 1. The van der Waals surface area contributed by atoms with Crippen molar-refractivity contribution in [1.82, 2.24) is 15.5 Å². The van der Waals surface area contributed by atoms with Crippen LogP contribution in [0.5, 0.6) is 11.5 Å². The molecule has 0 saturated heterocycles. The summed E-state index contributed by atoms with van der Waals surface area (Å²) < 4.78 is 11.0. The Bertz CT molecular complexity index is 1040. The number of benzene rings is 1. The molecule has 0 fully saturated rings. The smallest absolute Gasteiger partial charge is 0.278 e. The summed E-state index contributed by atoms with van der Waals surface area (Å²) in [7, 11) is 1.40. The van der Waals surface area contributed by atoms with Crippen LogP contribution in [-0.2, 0) is 19.2 Å². The second-order valence-corrected chi connectivity index (χ2v) is 9.02. The second-order valence-electron chi connectivity index (χ2n) is 9.02. The number of hydrogen-bond acceptors (Lipinski definition) is 8. The molecule has 37 heavy (non-hydrogen) atoms. The minimum absolute atomic E-state index is 0.0261. The van der Waals surface area contributed by atoms with Gasteiger partial charge in [0.1, 0.15) is 0 Å². The zero-order valence-electron chi connectivity index (χ0n) is 21.6. The van der Waals surface area contributed by atoms with Crippen LogP contribution in [0.3, 0.4) is 0 Å². The first-order chi connectivity index (χ1) is 17.5. The molecular formula is C25H34N4O8. The summed E-state index contributed by atoms with van der Waals surface area (Å²) in [5, 5.41) is 17.3. The lowest BCUT2D eigenvalue weighted by Gasteiger charge is -2.18. The molecule has 0 aromatic heterocycles. The van der Waals surface area contributed by atoms with Gasteiger partial charge in [0.25, 0.3) is 17.5 Å². The number of methoxy groups -OCH3 is 1. The van der Waals surface area contributed by atoms with Crippen molar-refractivity contribution in [3.8, 4) is 11.5 Å². The summed E-state index contributed by atoms with van der Waals surface area (Å²) in [5.74, 6) is -0.553. The van der Waals surface area contributed by atoms with Crippen LogP contribution in [0.2, 0.25) is 0 Å². The number of carbonyl (C=O) groups excluding carboxylic acids is 4. The summed E-state index contributed by atoms with van der Waals surface area (Å²) >= 11 is 0. The summed E-state index contributed by atoms with van der Waals surface area (Å²) in [6, 6.07) is 1.96. The average Bonchev–Trinajstić information content (AvgIpc) is 3.16. The first-order valence-electron chi connectivity index (χ1n) is 12.1. The van der Waals surface area contributed by atoms with Gasteiger partial charge in [-0.3, -0.25) is 34.2 Å². The van der Waals surface area contributed by atoms with Gasteiger partial charge in [-0.15, -0.1) is 0 Å². The third-order valence-electron chi connectivity index (χ3n) is 5.55. The Kier molecular flexibility index (Phi) is 11.0. The van der Waals surface area contributed by atoms with Gasteiger partial charge in [-0.2, -0.15) is 0 Å². The predicted molar refractivity (Wildman–Crippen MR) is 134 cm³/mol. The van der Waals surface area contributed by atoms with Crippen molar-refractivity contribution in [2.45, 2.75) is 52.5 Å². The van der Waals surface area contributed by atoms with E-state index in [1.165, 1.54) is 31.4 Å². The van der Waals surface area contributed by atoms with E-state index in [4.69, 9.17) is 9.47 Å². The summed E-state index contributed by atoms with van der Waals surface area (Å²) in [6.45, 7) is 6.45. The van der Waals surface area contributed by atoms with E-state index in [1.54, 1.807) is 6.92 Å². The molecular weight excluding hydrogens is 484 g/mol. The molecule has 4 amide bonds. The highest BCUT2D eigenvalue weighted by molar-refractivity contribution is 6.12. The Labute approximate surface area is 215 Å². The van der Waals surface area contributed by atoms with E-state index in [0.29, 0.717) is 18.9 Å². The number of hydrogen-bond donors (Lipinski definition) is 2. The highest BCUT2D eigenvalue weighted by atomic mass is 16.6.